The summed E-state index contributed by atoms with van der Waals surface area (Å²) >= 11 is 0. The molecule has 3 N–H and O–H groups in total. The molecule has 13 heteroatoms. The number of para-hydroxylation sites is 2. The van der Waals surface area contributed by atoms with Crippen LogP contribution < -0.4 is 15.0 Å². The van der Waals surface area contributed by atoms with E-state index in [0.717, 1.165) is 19.1 Å². The first-order chi connectivity index (χ1) is 17.5. The van der Waals surface area contributed by atoms with Crippen molar-refractivity contribution in [3.05, 3.63) is 71.9 Å². The molecule has 0 unspecified atom stereocenters. The molecule has 0 saturated heterocycles. The summed E-state index contributed by atoms with van der Waals surface area (Å²) in [6.07, 6.45) is -1.54. The van der Waals surface area contributed by atoms with Crippen molar-refractivity contribution in [2.45, 2.75) is 31.6 Å². The van der Waals surface area contributed by atoms with Gasteiger partial charge in [-0.05, 0) is 30.5 Å². The fourth-order valence-corrected chi connectivity index (χ4v) is 5.43. The highest BCUT2D eigenvalue weighted by molar-refractivity contribution is 7.92. The highest BCUT2D eigenvalue weighted by Crippen LogP contribution is 2.37. The van der Waals surface area contributed by atoms with Gasteiger partial charge in [-0.3, -0.25) is 9.73 Å². The van der Waals surface area contributed by atoms with Gasteiger partial charge < -0.3 is 10.4 Å². The number of rotatable bonds is 8. The third-order valence-electron chi connectivity index (χ3n) is 5.91. The number of sulfonamides is 1. The van der Waals surface area contributed by atoms with Crippen molar-refractivity contribution in [2.75, 3.05) is 21.3 Å². The van der Waals surface area contributed by atoms with Gasteiger partial charge in [-0.25, -0.2) is 18.1 Å². The van der Waals surface area contributed by atoms with E-state index >= 15 is 0 Å². The van der Waals surface area contributed by atoms with Crippen molar-refractivity contribution in [3.63, 3.8) is 0 Å². The Labute approximate surface area is 210 Å². The molecule has 0 bridgehead atoms. The van der Waals surface area contributed by atoms with Crippen LogP contribution in [-0.2, 0) is 22.7 Å². The molecule has 1 aliphatic carbocycles. The summed E-state index contributed by atoms with van der Waals surface area (Å²) in [6, 6.07) is 15.0. The van der Waals surface area contributed by atoms with E-state index < -0.39 is 27.6 Å². The Morgan fingerprint density at radius 3 is 2.54 bits per heavy atom. The Hall–Kier alpha value is -4.00. The lowest BCUT2D eigenvalue weighted by Crippen LogP contribution is -2.33. The number of alkyl halides is 3. The molecule has 0 spiro atoms. The van der Waals surface area contributed by atoms with Crippen LogP contribution >= 0.6 is 0 Å². The highest BCUT2D eigenvalue weighted by atomic mass is 32.2. The fourth-order valence-electron chi connectivity index (χ4n) is 4.15. The molecule has 0 atom stereocenters. The van der Waals surface area contributed by atoms with E-state index in [4.69, 9.17) is 0 Å². The van der Waals surface area contributed by atoms with E-state index in [9.17, 15) is 26.7 Å². The minimum atomic E-state index is -4.74. The van der Waals surface area contributed by atoms with Crippen LogP contribution in [0.5, 0.6) is 5.88 Å². The molecule has 2 aromatic heterocycles. The van der Waals surface area contributed by atoms with Gasteiger partial charge in [0, 0.05) is 30.2 Å². The molecule has 0 radical (unpaired) electrons. The van der Waals surface area contributed by atoms with Crippen LogP contribution in [0.1, 0.15) is 24.0 Å². The first-order valence-electron chi connectivity index (χ1n) is 11.3. The number of benzene rings is 2. The molecular weight excluding hydrogens is 509 g/mol. The van der Waals surface area contributed by atoms with Crippen molar-refractivity contribution < 1.29 is 26.7 Å². The standard InChI is InChI=1S/C24H23F3N6O3S/c1-37(35,36)33(17-10-11-17)20-9-5-3-7-16(20)13-28-22-18(24(25,26)27)14-29-23(30-22)31-32-19-8-4-2-6-15(19)12-21(32)34/h2-9,12,14,17,34H,10-11,13H2,1H3,(H2,28,29,30,31). The monoisotopic (exact) mass is 532 g/mol. The smallest absolute Gasteiger partial charge is 0.421 e. The Morgan fingerprint density at radius 2 is 1.84 bits per heavy atom. The fraction of sp³-hybridized carbons (Fsp3) is 0.250. The lowest BCUT2D eigenvalue weighted by molar-refractivity contribution is -0.137. The van der Waals surface area contributed by atoms with Gasteiger partial charge in [0.2, 0.25) is 21.9 Å². The van der Waals surface area contributed by atoms with E-state index in [1.165, 1.54) is 15.0 Å². The van der Waals surface area contributed by atoms with E-state index in [2.05, 4.69) is 20.7 Å². The zero-order valence-electron chi connectivity index (χ0n) is 19.6. The SMILES string of the molecule is CS(=O)(=O)N(c1ccccc1CNc1nc(Nn2c(O)cc3ccccc32)ncc1C(F)(F)F)C1CC1. The van der Waals surface area contributed by atoms with Crippen molar-refractivity contribution >= 4 is 38.4 Å². The van der Waals surface area contributed by atoms with Crippen LogP contribution in [0, 0.1) is 0 Å². The molecule has 9 nitrogen and oxygen atoms in total. The Morgan fingerprint density at radius 1 is 1.14 bits per heavy atom. The number of aromatic nitrogens is 3. The predicted molar refractivity (Wildman–Crippen MR) is 134 cm³/mol. The molecular formula is C24H23F3N6O3S. The number of fused-ring (bicyclic) bond motifs is 1. The largest absolute Gasteiger partial charge is 0.493 e. The number of halogens is 3. The van der Waals surface area contributed by atoms with E-state index in [1.807, 2.05) is 0 Å². The van der Waals surface area contributed by atoms with Gasteiger partial charge in [-0.2, -0.15) is 18.2 Å². The van der Waals surface area contributed by atoms with Gasteiger partial charge >= 0.3 is 6.18 Å². The van der Waals surface area contributed by atoms with Crippen molar-refractivity contribution in [2.24, 2.45) is 0 Å². The van der Waals surface area contributed by atoms with Gasteiger partial charge in [-0.1, -0.05) is 36.4 Å². The molecule has 5 rings (SSSR count). The van der Waals surface area contributed by atoms with E-state index in [0.29, 0.717) is 28.4 Å². The maximum Gasteiger partial charge on any atom is 0.421 e. The van der Waals surface area contributed by atoms with Crippen molar-refractivity contribution in [1.29, 1.82) is 0 Å². The summed E-state index contributed by atoms with van der Waals surface area (Å²) in [5.41, 5.74) is 3.13. The quantitative estimate of drug-likeness (QED) is 0.305. The van der Waals surface area contributed by atoms with Gasteiger partial charge in [0.25, 0.3) is 0 Å². The third-order valence-corrected chi connectivity index (χ3v) is 7.12. The predicted octanol–water partition coefficient (Wildman–Crippen LogP) is 4.57. The van der Waals surface area contributed by atoms with Gasteiger partial charge in [0.05, 0.1) is 17.5 Å². The van der Waals surface area contributed by atoms with Crippen LogP contribution in [0.25, 0.3) is 10.9 Å². The lowest BCUT2D eigenvalue weighted by atomic mass is 10.1. The normalized spacial score (nSPS) is 14.1. The minimum absolute atomic E-state index is 0.119. The highest BCUT2D eigenvalue weighted by Gasteiger charge is 2.37. The van der Waals surface area contributed by atoms with Crippen LogP contribution in [0.3, 0.4) is 0 Å². The number of hydrogen-bond acceptors (Lipinski definition) is 7. The molecule has 1 fully saturated rings. The van der Waals surface area contributed by atoms with Gasteiger partial charge in [-0.15, -0.1) is 0 Å². The zero-order chi connectivity index (χ0) is 26.4. The molecule has 194 valence electrons. The van der Waals surface area contributed by atoms with Gasteiger partial charge in [0.15, 0.2) is 0 Å². The summed E-state index contributed by atoms with van der Waals surface area (Å²) in [7, 11) is -3.59. The molecule has 2 aromatic carbocycles. The summed E-state index contributed by atoms with van der Waals surface area (Å²) in [5.74, 6) is -0.849. The number of anilines is 3. The lowest BCUT2D eigenvalue weighted by Gasteiger charge is -2.25. The van der Waals surface area contributed by atoms with Crippen LogP contribution in [0.15, 0.2) is 60.8 Å². The van der Waals surface area contributed by atoms with E-state index in [-0.39, 0.29) is 24.4 Å². The molecule has 37 heavy (non-hydrogen) atoms. The minimum Gasteiger partial charge on any atom is -0.493 e. The van der Waals surface area contributed by atoms with Crippen molar-refractivity contribution in [3.8, 4) is 5.88 Å². The summed E-state index contributed by atoms with van der Waals surface area (Å²) in [5, 5.41) is 13.7. The molecule has 4 aromatic rings. The topological polar surface area (TPSA) is 112 Å². The summed E-state index contributed by atoms with van der Waals surface area (Å²) < 4.78 is 68.8. The van der Waals surface area contributed by atoms with Crippen LogP contribution in [-0.4, -0.2) is 40.5 Å². The number of hydrogen-bond donors (Lipinski definition) is 3. The number of nitrogens with zero attached hydrogens (tertiary/aromatic N) is 4. The second-order valence-electron chi connectivity index (χ2n) is 8.73. The first-order valence-corrected chi connectivity index (χ1v) is 13.2. The second kappa shape index (κ2) is 9.14. The maximum absolute atomic E-state index is 13.8. The molecule has 0 amide bonds. The molecule has 2 heterocycles. The molecule has 1 saturated carbocycles. The average Bonchev–Trinajstić information content (AvgIpc) is 3.60. The Kier molecular flexibility index (Phi) is 6.10. The second-order valence-corrected chi connectivity index (χ2v) is 10.6. The first kappa shape index (κ1) is 24.7. The third kappa shape index (κ3) is 5.12. The zero-order valence-corrected chi connectivity index (χ0v) is 20.4. The van der Waals surface area contributed by atoms with Crippen LogP contribution in [0.2, 0.25) is 0 Å². The van der Waals surface area contributed by atoms with Crippen molar-refractivity contribution in [1.82, 2.24) is 14.6 Å². The van der Waals surface area contributed by atoms with Gasteiger partial charge in [0.1, 0.15) is 11.4 Å². The maximum atomic E-state index is 13.8. The number of aromatic hydroxyl groups is 1. The molecule has 1 aliphatic rings. The average molecular weight is 533 g/mol. The Balaban J connectivity index is 1.47. The summed E-state index contributed by atoms with van der Waals surface area (Å²) in [4.78, 5) is 7.82. The molecule has 0 aliphatic heterocycles. The summed E-state index contributed by atoms with van der Waals surface area (Å²) in [6.45, 7) is -0.119. The number of nitrogens with one attached hydrogen (secondary N) is 2. The van der Waals surface area contributed by atoms with E-state index in [1.54, 1.807) is 48.5 Å². The Bertz CT molecular complexity index is 1570. The van der Waals surface area contributed by atoms with Crippen LogP contribution in [0.4, 0.5) is 30.6 Å².